The summed E-state index contributed by atoms with van der Waals surface area (Å²) in [6.07, 6.45) is 3.03. The van der Waals surface area contributed by atoms with Gasteiger partial charge in [0, 0.05) is 47.1 Å². The van der Waals surface area contributed by atoms with Crippen molar-refractivity contribution in [3.63, 3.8) is 0 Å². The summed E-state index contributed by atoms with van der Waals surface area (Å²) >= 11 is 5.40. The first-order chi connectivity index (χ1) is 21.6. The fourth-order valence-electron chi connectivity index (χ4n) is 4.97. The molecule has 0 bridgehead atoms. The lowest BCUT2D eigenvalue weighted by atomic mass is 9.90. The zero-order valence-corrected chi connectivity index (χ0v) is 25.7. The van der Waals surface area contributed by atoms with E-state index < -0.39 is 5.97 Å². The van der Waals surface area contributed by atoms with E-state index in [9.17, 15) is 30.0 Å². The number of nitrogens with zero attached hydrogens (tertiary/aromatic N) is 2. The van der Waals surface area contributed by atoms with Gasteiger partial charge in [-0.25, -0.2) is 4.79 Å². The third-order valence-electron chi connectivity index (χ3n) is 7.40. The molecule has 0 unspecified atom stereocenters. The molecule has 0 radical (unpaired) electrons. The van der Waals surface area contributed by atoms with Crippen LogP contribution in [0.4, 0.5) is 5.69 Å². The van der Waals surface area contributed by atoms with E-state index in [1.54, 1.807) is 30.5 Å². The molecule has 0 atom stereocenters. The number of aromatic carboxylic acids is 1. The number of phenolic OH excluding ortho intramolecular Hbond substituents is 1. The topological polar surface area (TPSA) is 174 Å². The fourth-order valence-corrected chi connectivity index (χ4v) is 5.19. The summed E-state index contributed by atoms with van der Waals surface area (Å²) in [4.78, 5) is 29.8. The number of aromatic hydroxyl groups is 1. The number of anilines is 1. The maximum Gasteiger partial charge on any atom is 0.336 e. The Balaban J connectivity index is 1.37. The Morgan fingerprint density at radius 1 is 1.04 bits per heavy atom. The average Bonchev–Trinajstić information content (AvgIpc) is 2.99. The normalized spacial score (nSPS) is 11.7. The van der Waals surface area contributed by atoms with Crippen molar-refractivity contribution in [2.24, 2.45) is 5.16 Å². The summed E-state index contributed by atoms with van der Waals surface area (Å²) in [7, 11) is 1.95. The summed E-state index contributed by atoms with van der Waals surface area (Å²) < 4.78 is 6.38. The van der Waals surface area contributed by atoms with Crippen molar-refractivity contribution in [2.75, 3.05) is 58.4 Å². The van der Waals surface area contributed by atoms with Crippen molar-refractivity contribution in [3.8, 4) is 28.2 Å². The lowest BCUT2D eigenvalue weighted by molar-refractivity contribution is -0.910. The molecule has 2 aromatic carbocycles. The Hall–Kier alpha value is -4.56. The minimum Gasteiger partial charge on any atom is -0.508 e. The number of aliphatic hydroxyl groups excluding tert-OH is 2. The van der Waals surface area contributed by atoms with Crippen LogP contribution in [0.25, 0.3) is 33.4 Å². The molecule has 1 aliphatic carbocycles. The quantitative estimate of drug-likeness (QED) is 0.0281. The number of thiocarbonyl (C=S) groups is 1. The molecule has 0 spiro atoms. The maximum atomic E-state index is 12.4. The van der Waals surface area contributed by atoms with Crippen LogP contribution in [0.1, 0.15) is 23.2 Å². The van der Waals surface area contributed by atoms with E-state index in [0.29, 0.717) is 82.1 Å². The van der Waals surface area contributed by atoms with Gasteiger partial charge in [0.1, 0.15) is 36.7 Å². The number of hydrogen-bond acceptors (Lipinski definition) is 9. The van der Waals surface area contributed by atoms with Crippen molar-refractivity contribution in [3.05, 3.63) is 70.4 Å². The van der Waals surface area contributed by atoms with Gasteiger partial charge in [-0.1, -0.05) is 11.2 Å². The first kappa shape index (κ1) is 33.3. The van der Waals surface area contributed by atoms with Gasteiger partial charge in [0.25, 0.3) is 0 Å². The van der Waals surface area contributed by atoms with Crippen LogP contribution in [0.3, 0.4) is 0 Å². The molecular formula is C32H37N4O8S+. The van der Waals surface area contributed by atoms with Crippen LogP contribution in [0.15, 0.2) is 69.0 Å². The predicted octanol–water partition coefficient (Wildman–Crippen LogP) is 3.47. The van der Waals surface area contributed by atoms with Gasteiger partial charge in [-0.05, 0) is 67.0 Å². The molecule has 0 saturated carbocycles. The highest BCUT2D eigenvalue weighted by atomic mass is 32.1. The Morgan fingerprint density at radius 3 is 2.53 bits per heavy atom. The summed E-state index contributed by atoms with van der Waals surface area (Å²) in [5.41, 5.74) is 2.07. The Labute approximate surface area is 265 Å². The van der Waals surface area contributed by atoms with Crippen LogP contribution in [0.2, 0.25) is 0 Å². The zero-order chi connectivity index (χ0) is 32.4. The van der Waals surface area contributed by atoms with Crippen molar-refractivity contribution in [1.29, 1.82) is 0 Å². The number of benzene rings is 3. The minimum atomic E-state index is -1.15. The molecule has 238 valence electrons. The second-order valence-electron chi connectivity index (χ2n) is 10.8. The second-order valence-corrected chi connectivity index (χ2v) is 11.2. The summed E-state index contributed by atoms with van der Waals surface area (Å²) in [5, 5.41) is 49.6. The molecule has 1 heterocycles. The molecule has 0 amide bonds. The van der Waals surface area contributed by atoms with Gasteiger partial charge >= 0.3 is 5.97 Å². The van der Waals surface area contributed by atoms with Crippen LogP contribution in [0.5, 0.6) is 5.75 Å². The van der Waals surface area contributed by atoms with Crippen LogP contribution in [-0.4, -0.2) is 95.3 Å². The van der Waals surface area contributed by atoms with E-state index in [4.69, 9.17) is 21.5 Å². The lowest BCUT2D eigenvalue weighted by Crippen LogP contribution is -2.49. The van der Waals surface area contributed by atoms with E-state index in [-0.39, 0.29) is 35.7 Å². The summed E-state index contributed by atoms with van der Waals surface area (Å²) in [5.74, 6) is -0.906. The number of fused-ring (bicyclic) bond motifs is 2. The van der Waals surface area contributed by atoms with Gasteiger partial charge in [0.2, 0.25) is 0 Å². The number of carboxylic acid groups (broad SMARTS) is 1. The molecule has 0 aromatic heterocycles. The molecule has 45 heavy (non-hydrogen) atoms. The van der Waals surface area contributed by atoms with E-state index in [2.05, 4.69) is 15.8 Å². The molecule has 2 aromatic rings. The summed E-state index contributed by atoms with van der Waals surface area (Å²) in [6, 6.07) is 13.8. The standard InChI is InChI=1S/C32H36N4O8S/c1-36(12-15-37,13-16-38)14-17-43-34-11-3-2-10-33-32(45)35-21-4-7-24(27(18-21)31(41)42)30-25-8-5-22(39)19-28(25)44-29-20-23(40)6-9-26(29)30/h4-9,11,18-20,37-38H,2-3,10,12-17H2,1H3,(H3-,33,35,39,40,41,42,45)/p+1/b34-11+. The van der Waals surface area contributed by atoms with Gasteiger partial charge in [0.15, 0.2) is 17.1 Å². The summed E-state index contributed by atoms with van der Waals surface area (Å²) in [6.45, 7) is 2.66. The number of nitrogens with one attached hydrogen (secondary N) is 2. The zero-order valence-electron chi connectivity index (χ0n) is 24.9. The Morgan fingerprint density at radius 2 is 1.80 bits per heavy atom. The highest BCUT2D eigenvalue weighted by Crippen LogP contribution is 2.42. The van der Waals surface area contributed by atoms with Gasteiger partial charge < -0.3 is 44.8 Å². The number of rotatable bonds is 15. The van der Waals surface area contributed by atoms with Gasteiger partial charge in [0.05, 0.1) is 25.8 Å². The fraction of sp³-hybridized carbons (Fsp3) is 0.312. The lowest BCUT2D eigenvalue weighted by Gasteiger charge is -2.32. The number of unbranched alkanes of at least 4 members (excludes halogenated alkanes) is 1. The molecule has 0 saturated heterocycles. The maximum absolute atomic E-state index is 12.4. The number of phenols is 1. The third-order valence-corrected chi connectivity index (χ3v) is 7.65. The molecule has 12 nitrogen and oxygen atoms in total. The monoisotopic (exact) mass is 637 g/mol. The van der Waals surface area contributed by atoms with Crippen LogP contribution in [0, 0.1) is 0 Å². The number of likely N-dealkylation sites (N-methyl/N-ethyl adjacent to an activating group) is 1. The van der Waals surface area contributed by atoms with E-state index in [1.165, 1.54) is 30.3 Å². The SMILES string of the molecule is C[N+](CCO)(CCO)CCO/N=C/CCCNC(=S)Nc1ccc(-c2c3ccc(=O)cc-3oc3cc(O)ccc23)c(C(=O)O)c1. The molecule has 0 fully saturated rings. The van der Waals surface area contributed by atoms with E-state index in [1.807, 2.05) is 7.05 Å². The molecule has 4 rings (SSSR count). The van der Waals surface area contributed by atoms with Crippen molar-refractivity contribution in [2.45, 2.75) is 12.8 Å². The van der Waals surface area contributed by atoms with Crippen LogP contribution in [-0.2, 0) is 4.84 Å². The highest BCUT2D eigenvalue weighted by Gasteiger charge is 2.23. The first-order valence-electron chi connectivity index (χ1n) is 14.5. The Bertz CT molecular complexity index is 1700. The third kappa shape index (κ3) is 8.76. The van der Waals surface area contributed by atoms with Gasteiger partial charge in [-0.2, -0.15) is 0 Å². The van der Waals surface area contributed by atoms with E-state index >= 15 is 0 Å². The first-order valence-corrected chi connectivity index (χ1v) is 14.9. The number of quaternary nitrogens is 1. The van der Waals surface area contributed by atoms with Crippen molar-refractivity contribution in [1.82, 2.24) is 5.32 Å². The number of oxime groups is 1. The highest BCUT2D eigenvalue weighted by molar-refractivity contribution is 7.80. The molecule has 1 aliphatic heterocycles. The second kappa shape index (κ2) is 15.4. The number of aliphatic hydroxyl groups is 2. The number of hydrogen-bond donors (Lipinski definition) is 6. The molecule has 2 aliphatic rings. The van der Waals surface area contributed by atoms with Crippen molar-refractivity contribution >= 4 is 46.2 Å². The predicted molar refractivity (Wildman–Crippen MR) is 176 cm³/mol. The van der Waals surface area contributed by atoms with Crippen LogP contribution < -0.4 is 16.1 Å². The Kier molecular flexibility index (Phi) is 11.4. The van der Waals surface area contributed by atoms with E-state index in [0.717, 1.165) is 6.42 Å². The van der Waals surface area contributed by atoms with Crippen LogP contribution >= 0.6 is 12.2 Å². The van der Waals surface area contributed by atoms with Gasteiger partial charge in [-0.3, -0.25) is 4.79 Å². The van der Waals surface area contributed by atoms with Gasteiger partial charge in [-0.15, -0.1) is 0 Å². The smallest absolute Gasteiger partial charge is 0.336 e. The molecule has 13 heteroatoms. The number of carbonyl (C=O) groups is 1. The average molecular weight is 638 g/mol. The largest absolute Gasteiger partial charge is 0.508 e. The minimum absolute atomic E-state index is 0.0129. The molecule has 6 N–H and O–H groups in total. The molecular weight excluding hydrogens is 600 g/mol. The van der Waals surface area contributed by atoms with Crippen molar-refractivity contribution < 1.29 is 39.0 Å². The number of carboxylic acids is 1.